The van der Waals surface area contributed by atoms with Crippen molar-refractivity contribution >= 4 is 11.6 Å². The molecule has 2 aromatic carbocycles. The van der Waals surface area contributed by atoms with Crippen LogP contribution in [0.2, 0.25) is 0 Å². The molecule has 4 rings (SSSR count). The second kappa shape index (κ2) is 3.96. The summed E-state index contributed by atoms with van der Waals surface area (Å²) >= 11 is 0. The third-order valence-electron chi connectivity index (χ3n) is 4.33. The highest BCUT2D eigenvalue weighted by atomic mass is 14.3. The van der Waals surface area contributed by atoms with Gasteiger partial charge in [-0.3, -0.25) is 0 Å². The molecule has 0 heterocycles. The van der Waals surface area contributed by atoms with Crippen molar-refractivity contribution in [3.05, 3.63) is 82.4 Å². The molecule has 0 N–H and O–H groups in total. The Bertz CT molecular complexity index is 716. The summed E-state index contributed by atoms with van der Waals surface area (Å²) in [7, 11) is 0. The lowest BCUT2D eigenvalue weighted by Gasteiger charge is -2.15. The highest BCUT2D eigenvalue weighted by Gasteiger charge is 2.28. The topological polar surface area (TPSA) is 0 Å². The van der Waals surface area contributed by atoms with Crippen LogP contribution in [-0.4, -0.2) is 0 Å². The third kappa shape index (κ3) is 1.53. The van der Waals surface area contributed by atoms with E-state index >= 15 is 0 Å². The molecule has 0 radical (unpaired) electrons. The predicted molar refractivity (Wildman–Crippen MR) is 81.0 cm³/mol. The monoisotopic (exact) mass is 244 g/mol. The molecule has 0 heteroatoms. The van der Waals surface area contributed by atoms with Crippen molar-refractivity contribution in [2.24, 2.45) is 0 Å². The van der Waals surface area contributed by atoms with Crippen molar-refractivity contribution in [1.82, 2.24) is 0 Å². The maximum atomic E-state index is 2.35. The molecule has 0 aromatic heterocycles. The minimum Gasteiger partial charge on any atom is -0.0720 e. The van der Waals surface area contributed by atoms with E-state index in [0.29, 0.717) is 5.92 Å². The van der Waals surface area contributed by atoms with Crippen LogP contribution in [0.5, 0.6) is 0 Å². The van der Waals surface area contributed by atoms with E-state index in [0.717, 1.165) is 6.42 Å². The normalized spacial score (nSPS) is 19.7. The molecular weight excluding hydrogens is 228 g/mol. The second-order valence-corrected chi connectivity index (χ2v) is 5.49. The van der Waals surface area contributed by atoms with E-state index in [1.54, 1.807) is 0 Å². The molecule has 0 spiro atoms. The van der Waals surface area contributed by atoms with Crippen LogP contribution >= 0.6 is 0 Å². The van der Waals surface area contributed by atoms with E-state index in [4.69, 9.17) is 0 Å². The molecule has 0 fully saturated rings. The van der Waals surface area contributed by atoms with Gasteiger partial charge in [-0.25, -0.2) is 0 Å². The molecule has 92 valence electrons. The van der Waals surface area contributed by atoms with Gasteiger partial charge >= 0.3 is 0 Å². The van der Waals surface area contributed by atoms with Gasteiger partial charge in [-0.15, -0.1) is 0 Å². The number of rotatable bonds is 1. The maximum absolute atomic E-state index is 2.35. The molecule has 0 saturated heterocycles. The van der Waals surface area contributed by atoms with Gasteiger partial charge in [0.05, 0.1) is 0 Å². The van der Waals surface area contributed by atoms with Crippen molar-refractivity contribution < 1.29 is 0 Å². The Morgan fingerprint density at radius 1 is 0.947 bits per heavy atom. The first-order chi connectivity index (χ1) is 9.34. The summed E-state index contributed by atoms with van der Waals surface area (Å²) in [5.41, 5.74) is 8.80. The summed E-state index contributed by atoms with van der Waals surface area (Å²) in [5.74, 6) is 0.444. The number of allylic oxidation sites excluding steroid dienone is 3. The molecule has 0 nitrogen and oxygen atoms in total. The molecule has 0 bridgehead atoms. The Balaban J connectivity index is 1.87. The van der Waals surface area contributed by atoms with Gasteiger partial charge in [0.1, 0.15) is 0 Å². The van der Waals surface area contributed by atoms with Crippen LogP contribution in [0.1, 0.15) is 35.1 Å². The van der Waals surface area contributed by atoms with Crippen LogP contribution in [0, 0.1) is 0 Å². The lowest BCUT2D eigenvalue weighted by molar-refractivity contribution is 1.11. The molecule has 0 amide bonds. The van der Waals surface area contributed by atoms with Crippen molar-refractivity contribution in [2.45, 2.75) is 19.3 Å². The zero-order valence-corrected chi connectivity index (χ0v) is 11.1. The highest BCUT2D eigenvalue weighted by Crippen LogP contribution is 2.46. The van der Waals surface area contributed by atoms with E-state index in [1.807, 2.05) is 0 Å². The minimum absolute atomic E-state index is 0.444. The van der Waals surface area contributed by atoms with E-state index in [1.165, 1.54) is 33.4 Å². The second-order valence-electron chi connectivity index (χ2n) is 5.49. The molecule has 19 heavy (non-hydrogen) atoms. The van der Waals surface area contributed by atoms with Crippen molar-refractivity contribution in [3.8, 4) is 0 Å². The van der Waals surface area contributed by atoms with Crippen molar-refractivity contribution in [1.29, 1.82) is 0 Å². The fourth-order valence-electron chi connectivity index (χ4n) is 3.48. The molecule has 0 saturated carbocycles. The molecule has 2 aliphatic rings. The van der Waals surface area contributed by atoms with Crippen LogP contribution in [0.3, 0.4) is 0 Å². The van der Waals surface area contributed by atoms with Gasteiger partial charge in [-0.2, -0.15) is 0 Å². The highest BCUT2D eigenvalue weighted by molar-refractivity contribution is 5.85. The summed E-state index contributed by atoms with van der Waals surface area (Å²) in [4.78, 5) is 0. The third-order valence-corrected chi connectivity index (χ3v) is 4.33. The summed E-state index contributed by atoms with van der Waals surface area (Å²) in [6.45, 7) is 2.28. The van der Waals surface area contributed by atoms with Crippen molar-refractivity contribution in [3.63, 3.8) is 0 Å². The van der Waals surface area contributed by atoms with Gasteiger partial charge in [0, 0.05) is 5.92 Å². The summed E-state index contributed by atoms with van der Waals surface area (Å²) in [6, 6.07) is 17.6. The van der Waals surface area contributed by atoms with Crippen LogP contribution in [0.25, 0.3) is 11.6 Å². The van der Waals surface area contributed by atoms with Gasteiger partial charge < -0.3 is 0 Å². The maximum Gasteiger partial charge on any atom is 0.0284 e. The van der Waals surface area contributed by atoms with Crippen LogP contribution in [-0.2, 0) is 6.42 Å². The zero-order valence-electron chi connectivity index (χ0n) is 11.1. The van der Waals surface area contributed by atoms with Crippen molar-refractivity contribution in [2.75, 3.05) is 0 Å². The van der Waals surface area contributed by atoms with Crippen LogP contribution in [0.4, 0.5) is 0 Å². The predicted octanol–water partition coefficient (Wildman–Crippen LogP) is 4.83. The SMILES string of the molecule is CC1=C(C2C=Cc3ccccc32)c2ccccc2C1. The van der Waals surface area contributed by atoms with E-state index in [9.17, 15) is 0 Å². The first kappa shape index (κ1) is 10.8. The summed E-state index contributed by atoms with van der Waals surface area (Å²) in [5, 5.41) is 0. The van der Waals surface area contributed by atoms with Gasteiger partial charge in [0.2, 0.25) is 0 Å². The molecule has 2 aliphatic carbocycles. The number of hydrogen-bond donors (Lipinski definition) is 0. The zero-order chi connectivity index (χ0) is 12.8. The lowest BCUT2D eigenvalue weighted by atomic mass is 9.88. The van der Waals surface area contributed by atoms with E-state index in [-0.39, 0.29) is 0 Å². The first-order valence-corrected chi connectivity index (χ1v) is 6.89. The largest absolute Gasteiger partial charge is 0.0720 e. The number of fused-ring (bicyclic) bond motifs is 2. The molecule has 2 aromatic rings. The van der Waals surface area contributed by atoms with Gasteiger partial charge in [-0.1, -0.05) is 66.3 Å². The van der Waals surface area contributed by atoms with Crippen LogP contribution < -0.4 is 0 Å². The number of hydrogen-bond acceptors (Lipinski definition) is 0. The van der Waals surface area contributed by atoms with E-state index < -0.39 is 0 Å². The Hall–Kier alpha value is -2.08. The minimum atomic E-state index is 0.444. The average molecular weight is 244 g/mol. The summed E-state index contributed by atoms with van der Waals surface area (Å²) in [6.07, 6.45) is 5.73. The van der Waals surface area contributed by atoms with Gasteiger partial charge in [0.15, 0.2) is 0 Å². The average Bonchev–Trinajstić information content (AvgIpc) is 2.98. The molecule has 0 aliphatic heterocycles. The quantitative estimate of drug-likeness (QED) is 0.674. The van der Waals surface area contributed by atoms with Crippen LogP contribution in [0.15, 0.2) is 60.2 Å². The van der Waals surface area contributed by atoms with Gasteiger partial charge in [0.25, 0.3) is 0 Å². The summed E-state index contributed by atoms with van der Waals surface area (Å²) < 4.78 is 0. The first-order valence-electron chi connectivity index (χ1n) is 6.89. The number of benzene rings is 2. The Morgan fingerprint density at radius 3 is 2.68 bits per heavy atom. The smallest absolute Gasteiger partial charge is 0.0284 e. The standard InChI is InChI=1S/C19H16/c1-13-12-15-7-3-5-9-17(15)19(13)18-11-10-14-6-2-4-8-16(14)18/h2-11,18H,12H2,1H3. The Morgan fingerprint density at radius 2 is 1.74 bits per heavy atom. The van der Waals surface area contributed by atoms with Gasteiger partial charge in [-0.05, 0) is 41.2 Å². The molecular formula is C19H16. The van der Waals surface area contributed by atoms with E-state index in [2.05, 4.69) is 67.6 Å². The fourth-order valence-corrected chi connectivity index (χ4v) is 3.48. The lowest BCUT2D eigenvalue weighted by Crippen LogP contribution is -1.97. The fraction of sp³-hybridized carbons (Fsp3) is 0.158. The Kier molecular flexibility index (Phi) is 2.25. The molecule has 1 unspecified atom stereocenters. The Labute approximate surface area is 114 Å². The molecule has 1 atom stereocenters.